The molecule has 1 fully saturated rings. The number of aryl methyl sites for hydroxylation is 1. The van der Waals surface area contributed by atoms with E-state index in [1.54, 1.807) is 7.11 Å². The summed E-state index contributed by atoms with van der Waals surface area (Å²) in [6.45, 7) is 4.87. The first-order chi connectivity index (χ1) is 15.2. The van der Waals surface area contributed by atoms with Crippen LogP contribution in [0.25, 0.3) is 5.69 Å². The molecular weight excluding hydrogens is 414 g/mol. The summed E-state index contributed by atoms with van der Waals surface area (Å²) >= 11 is 1.35. The minimum absolute atomic E-state index is 0.138. The van der Waals surface area contributed by atoms with Crippen LogP contribution in [-0.2, 0) is 9.53 Å². The summed E-state index contributed by atoms with van der Waals surface area (Å²) in [6.07, 6.45) is 0. The summed E-state index contributed by atoms with van der Waals surface area (Å²) in [5.41, 5.74) is 2.78. The van der Waals surface area contributed by atoms with E-state index in [1.165, 1.54) is 17.3 Å². The highest BCUT2D eigenvalue weighted by Gasteiger charge is 2.22. The number of ether oxygens (including phenoxy) is 2. The van der Waals surface area contributed by atoms with E-state index in [0.717, 1.165) is 24.7 Å². The molecule has 31 heavy (non-hydrogen) atoms. The van der Waals surface area contributed by atoms with Crippen molar-refractivity contribution in [1.82, 2.24) is 14.8 Å². The smallest absolute Gasteiger partial charge is 0.234 e. The third kappa shape index (κ3) is 5.00. The van der Waals surface area contributed by atoms with Crippen molar-refractivity contribution in [2.75, 3.05) is 49.4 Å². The number of benzene rings is 2. The van der Waals surface area contributed by atoms with Crippen molar-refractivity contribution < 1.29 is 14.3 Å². The van der Waals surface area contributed by atoms with Crippen LogP contribution >= 0.6 is 11.8 Å². The van der Waals surface area contributed by atoms with Crippen molar-refractivity contribution in [3.05, 3.63) is 54.1 Å². The lowest BCUT2D eigenvalue weighted by Crippen LogP contribution is -2.37. The van der Waals surface area contributed by atoms with Crippen molar-refractivity contribution in [1.29, 1.82) is 0 Å². The molecule has 9 heteroatoms. The zero-order valence-electron chi connectivity index (χ0n) is 17.6. The SMILES string of the molecule is COc1ccccc1NC(=O)CSc1nnc(N2CCOCC2)n1-c1ccc(C)cc1. The maximum Gasteiger partial charge on any atom is 0.234 e. The molecule has 1 aromatic heterocycles. The highest BCUT2D eigenvalue weighted by molar-refractivity contribution is 7.99. The van der Waals surface area contributed by atoms with Gasteiger partial charge in [0.2, 0.25) is 11.9 Å². The molecule has 2 aromatic carbocycles. The van der Waals surface area contributed by atoms with Crippen LogP contribution in [0.15, 0.2) is 53.7 Å². The van der Waals surface area contributed by atoms with E-state index in [4.69, 9.17) is 9.47 Å². The number of nitrogens with zero attached hydrogens (tertiary/aromatic N) is 4. The topological polar surface area (TPSA) is 81.5 Å². The van der Waals surface area contributed by atoms with Crippen LogP contribution in [0.1, 0.15) is 5.56 Å². The molecule has 0 saturated carbocycles. The van der Waals surface area contributed by atoms with E-state index >= 15 is 0 Å². The van der Waals surface area contributed by atoms with Crippen LogP contribution in [0, 0.1) is 6.92 Å². The van der Waals surface area contributed by atoms with Gasteiger partial charge >= 0.3 is 0 Å². The molecule has 1 aliphatic heterocycles. The Labute approximate surface area is 185 Å². The van der Waals surface area contributed by atoms with E-state index in [1.807, 2.05) is 41.0 Å². The zero-order valence-corrected chi connectivity index (χ0v) is 18.4. The molecule has 8 nitrogen and oxygen atoms in total. The quantitative estimate of drug-likeness (QED) is 0.567. The van der Waals surface area contributed by atoms with Crippen molar-refractivity contribution in [2.24, 2.45) is 0 Å². The molecule has 0 unspecified atom stereocenters. The molecule has 1 aliphatic rings. The first kappa shape index (κ1) is 21.2. The lowest BCUT2D eigenvalue weighted by Gasteiger charge is -2.28. The summed E-state index contributed by atoms with van der Waals surface area (Å²) in [6, 6.07) is 15.5. The molecule has 0 bridgehead atoms. The number of rotatable bonds is 7. The van der Waals surface area contributed by atoms with Gasteiger partial charge in [-0.1, -0.05) is 41.6 Å². The number of hydrogen-bond acceptors (Lipinski definition) is 7. The fraction of sp³-hybridized carbons (Fsp3) is 0.318. The summed E-state index contributed by atoms with van der Waals surface area (Å²) < 4.78 is 12.8. The predicted octanol–water partition coefficient (Wildman–Crippen LogP) is 3.15. The van der Waals surface area contributed by atoms with Gasteiger partial charge in [0.1, 0.15) is 5.75 Å². The Kier molecular flexibility index (Phi) is 6.73. The van der Waals surface area contributed by atoms with Crippen molar-refractivity contribution in [3.63, 3.8) is 0 Å². The van der Waals surface area contributed by atoms with Gasteiger partial charge in [-0.05, 0) is 31.2 Å². The standard InChI is InChI=1S/C22H25N5O3S/c1-16-7-9-17(10-8-16)27-21(26-11-13-30-14-12-26)24-25-22(27)31-15-20(28)23-18-5-3-4-6-19(18)29-2/h3-10H,11-15H2,1-2H3,(H,23,28). The molecule has 0 radical (unpaired) electrons. The molecular formula is C22H25N5O3S. The number of aromatic nitrogens is 3. The molecule has 3 aromatic rings. The average Bonchev–Trinajstić information content (AvgIpc) is 3.23. The Bertz CT molecular complexity index is 1030. The maximum absolute atomic E-state index is 12.6. The number of nitrogens with one attached hydrogen (secondary N) is 1. The molecule has 2 heterocycles. The maximum atomic E-state index is 12.6. The van der Waals surface area contributed by atoms with Gasteiger partial charge in [-0.15, -0.1) is 10.2 Å². The second kappa shape index (κ2) is 9.84. The Hall–Kier alpha value is -3.04. The number of carbonyl (C=O) groups excluding carboxylic acids is 1. The van der Waals surface area contributed by atoms with E-state index in [9.17, 15) is 4.79 Å². The third-order valence-corrected chi connectivity index (χ3v) is 5.84. The Balaban J connectivity index is 1.54. The van der Waals surface area contributed by atoms with Gasteiger partial charge in [-0.2, -0.15) is 0 Å². The van der Waals surface area contributed by atoms with Crippen LogP contribution in [0.5, 0.6) is 5.75 Å². The fourth-order valence-electron chi connectivity index (χ4n) is 3.31. The number of thioether (sulfide) groups is 1. The summed E-state index contributed by atoms with van der Waals surface area (Å²) in [7, 11) is 1.58. The predicted molar refractivity (Wildman–Crippen MR) is 121 cm³/mol. The fourth-order valence-corrected chi connectivity index (χ4v) is 4.06. The number of methoxy groups -OCH3 is 1. The third-order valence-electron chi connectivity index (χ3n) is 4.92. The van der Waals surface area contributed by atoms with Gasteiger partial charge in [0, 0.05) is 13.1 Å². The minimum Gasteiger partial charge on any atom is -0.495 e. The monoisotopic (exact) mass is 439 g/mol. The van der Waals surface area contributed by atoms with Crippen molar-refractivity contribution in [2.45, 2.75) is 12.1 Å². The van der Waals surface area contributed by atoms with Gasteiger partial charge < -0.3 is 19.7 Å². The normalized spacial score (nSPS) is 13.8. The molecule has 1 amide bonds. The number of amides is 1. The molecule has 0 spiro atoms. The molecule has 0 atom stereocenters. The van der Waals surface area contributed by atoms with Gasteiger partial charge in [0.25, 0.3) is 0 Å². The Morgan fingerprint density at radius 1 is 1.13 bits per heavy atom. The molecule has 1 N–H and O–H groups in total. The Morgan fingerprint density at radius 3 is 2.61 bits per heavy atom. The average molecular weight is 440 g/mol. The number of carbonyl (C=O) groups is 1. The van der Waals surface area contributed by atoms with Crippen molar-refractivity contribution in [3.8, 4) is 11.4 Å². The highest BCUT2D eigenvalue weighted by atomic mass is 32.2. The number of para-hydroxylation sites is 2. The van der Waals surface area contributed by atoms with Gasteiger partial charge in [0.05, 0.1) is 37.5 Å². The van der Waals surface area contributed by atoms with Crippen LogP contribution in [0.3, 0.4) is 0 Å². The van der Waals surface area contributed by atoms with Gasteiger partial charge in [-0.3, -0.25) is 9.36 Å². The lowest BCUT2D eigenvalue weighted by molar-refractivity contribution is -0.113. The number of morpholine rings is 1. The second-order valence-electron chi connectivity index (χ2n) is 7.09. The first-order valence-electron chi connectivity index (χ1n) is 10.1. The van der Waals surface area contributed by atoms with E-state index < -0.39 is 0 Å². The number of anilines is 2. The van der Waals surface area contributed by atoms with Crippen LogP contribution in [-0.4, -0.2) is 59.8 Å². The molecule has 1 saturated heterocycles. The van der Waals surface area contributed by atoms with Gasteiger partial charge in [-0.25, -0.2) is 0 Å². The summed E-state index contributed by atoms with van der Waals surface area (Å²) in [4.78, 5) is 14.7. The molecule has 0 aliphatic carbocycles. The van der Waals surface area contributed by atoms with Crippen molar-refractivity contribution >= 4 is 29.3 Å². The zero-order chi connectivity index (χ0) is 21.6. The molecule has 4 rings (SSSR count). The second-order valence-corrected chi connectivity index (χ2v) is 8.03. The summed E-state index contributed by atoms with van der Waals surface area (Å²) in [5, 5.41) is 12.4. The van der Waals surface area contributed by atoms with Crippen LogP contribution in [0.2, 0.25) is 0 Å². The van der Waals surface area contributed by atoms with Crippen LogP contribution in [0.4, 0.5) is 11.6 Å². The lowest BCUT2D eigenvalue weighted by atomic mass is 10.2. The highest BCUT2D eigenvalue weighted by Crippen LogP contribution is 2.28. The summed E-state index contributed by atoms with van der Waals surface area (Å²) in [5.74, 6) is 1.45. The van der Waals surface area contributed by atoms with E-state index in [0.29, 0.717) is 29.8 Å². The largest absolute Gasteiger partial charge is 0.495 e. The van der Waals surface area contributed by atoms with Gasteiger partial charge in [0.15, 0.2) is 5.16 Å². The van der Waals surface area contributed by atoms with E-state index in [-0.39, 0.29) is 11.7 Å². The molecule has 162 valence electrons. The van der Waals surface area contributed by atoms with Crippen LogP contribution < -0.4 is 15.0 Å². The first-order valence-corrected chi connectivity index (χ1v) is 11.0. The van der Waals surface area contributed by atoms with E-state index in [2.05, 4.69) is 39.5 Å². The minimum atomic E-state index is -0.138. The number of hydrogen-bond donors (Lipinski definition) is 1. The Morgan fingerprint density at radius 2 is 1.87 bits per heavy atom.